The van der Waals surface area contributed by atoms with Gasteiger partial charge in [0.25, 0.3) is 5.91 Å². The Kier molecular flexibility index (Phi) is 9.01. The molecule has 2 atom stereocenters. The highest BCUT2D eigenvalue weighted by Gasteiger charge is 2.23. The Balaban J connectivity index is 1.97. The molecule has 0 spiro atoms. The standard InChI is InChI=1S/C27H33FN3O4/c1-5-21(32)16-22(33)14-15-31-24(17(2)3)25(29-26(31)18-6-10-20(28)11-7-18)30-27(34)19-8-12-23(35-4)13-9-19/h6-13,17,21-22,32-33H,1,5,14-16H2,2-4H3,(H,30,34). The third-order valence-corrected chi connectivity index (χ3v) is 5.80. The number of nitrogens with zero attached hydrogens (tertiary/aromatic N) is 2. The third-order valence-electron chi connectivity index (χ3n) is 5.80. The first-order valence-electron chi connectivity index (χ1n) is 11.7. The van der Waals surface area contributed by atoms with E-state index in [2.05, 4.69) is 12.2 Å². The highest BCUT2D eigenvalue weighted by atomic mass is 19.1. The van der Waals surface area contributed by atoms with Crippen molar-refractivity contribution in [3.63, 3.8) is 0 Å². The molecule has 2 unspecified atom stereocenters. The molecule has 35 heavy (non-hydrogen) atoms. The number of hydrogen-bond acceptors (Lipinski definition) is 5. The molecule has 0 saturated carbocycles. The second-order valence-electron chi connectivity index (χ2n) is 8.79. The van der Waals surface area contributed by atoms with E-state index in [0.717, 1.165) is 5.69 Å². The second kappa shape index (κ2) is 12.0. The van der Waals surface area contributed by atoms with Crippen molar-refractivity contribution in [3.8, 4) is 17.1 Å². The number of benzene rings is 2. The molecule has 1 radical (unpaired) electrons. The normalized spacial score (nSPS) is 13.0. The number of amides is 1. The lowest BCUT2D eigenvalue weighted by atomic mass is 10.1. The number of carbonyl (C=O) groups excluding carboxylic acids is 1. The van der Waals surface area contributed by atoms with Crippen molar-refractivity contribution >= 4 is 11.7 Å². The Bertz CT molecular complexity index is 1110. The molecule has 3 N–H and O–H groups in total. The first-order valence-corrected chi connectivity index (χ1v) is 11.7. The molecule has 8 heteroatoms. The fourth-order valence-corrected chi connectivity index (χ4v) is 3.94. The largest absolute Gasteiger partial charge is 0.497 e. The molecule has 1 amide bonds. The van der Waals surface area contributed by atoms with Crippen LogP contribution in [0.1, 0.15) is 55.1 Å². The van der Waals surface area contributed by atoms with E-state index >= 15 is 0 Å². The molecule has 3 aromatic rings. The number of imidazole rings is 1. The minimum absolute atomic E-state index is 0.00885. The summed E-state index contributed by atoms with van der Waals surface area (Å²) in [7, 11) is 1.56. The average molecular weight is 483 g/mol. The zero-order valence-electron chi connectivity index (χ0n) is 20.4. The van der Waals surface area contributed by atoms with Gasteiger partial charge in [0.1, 0.15) is 17.4 Å². The predicted octanol–water partition coefficient (Wildman–Crippen LogP) is 4.80. The van der Waals surface area contributed by atoms with Gasteiger partial charge in [-0.25, -0.2) is 9.37 Å². The summed E-state index contributed by atoms with van der Waals surface area (Å²) in [6.45, 7) is 8.05. The predicted molar refractivity (Wildman–Crippen MR) is 134 cm³/mol. The molecule has 2 aromatic carbocycles. The number of aromatic nitrogens is 2. The van der Waals surface area contributed by atoms with Crippen LogP contribution in [0.25, 0.3) is 11.4 Å². The summed E-state index contributed by atoms with van der Waals surface area (Å²) >= 11 is 0. The van der Waals surface area contributed by atoms with E-state index in [9.17, 15) is 19.4 Å². The van der Waals surface area contributed by atoms with Gasteiger partial charge in [-0.3, -0.25) is 4.79 Å². The van der Waals surface area contributed by atoms with E-state index in [1.807, 2.05) is 18.4 Å². The van der Waals surface area contributed by atoms with Crippen LogP contribution in [0.2, 0.25) is 0 Å². The number of aliphatic hydroxyl groups excluding tert-OH is 2. The minimum atomic E-state index is -0.729. The topological polar surface area (TPSA) is 96.6 Å². The summed E-state index contributed by atoms with van der Waals surface area (Å²) in [4.78, 5) is 17.7. The van der Waals surface area contributed by atoms with Crippen LogP contribution in [0.5, 0.6) is 5.75 Å². The molecule has 0 aliphatic rings. The molecule has 0 aliphatic carbocycles. The molecule has 0 aliphatic heterocycles. The molecule has 1 aromatic heterocycles. The fourth-order valence-electron chi connectivity index (χ4n) is 3.94. The zero-order valence-corrected chi connectivity index (χ0v) is 20.4. The molecule has 0 fully saturated rings. The van der Waals surface area contributed by atoms with E-state index in [-0.39, 0.29) is 24.1 Å². The summed E-state index contributed by atoms with van der Waals surface area (Å²) in [6, 6.07) is 12.8. The Morgan fingerprint density at radius 2 is 1.77 bits per heavy atom. The quantitative estimate of drug-likeness (QED) is 0.365. The van der Waals surface area contributed by atoms with Crippen molar-refractivity contribution < 1.29 is 24.1 Å². The number of carbonyl (C=O) groups is 1. The van der Waals surface area contributed by atoms with Crippen molar-refractivity contribution in [2.24, 2.45) is 0 Å². The smallest absolute Gasteiger partial charge is 0.256 e. The SMILES string of the molecule is [CH2]CC(O)CC(O)CCn1c(-c2ccc(F)cc2)nc(NC(=O)c2ccc(OC)cc2)c1C(C)C. The minimum Gasteiger partial charge on any atom is -0.497 e. The number of nitrogens with one attached hydrogen (secondary N) is 1. The van der Waals surface area contributed by atoms with Gasteiger partial charge >= 0.3 is 0 Å². The monoisotopic (exact) mass is 482 g/mol. The highest BCUT2D eigenvalue weighted by molar-refractivity contribution is 6.04. The molecule has 1 heterocycles. The number of anilines is 1. The second-order valence-corrected chi connectivity index (χ2v) is 8.79. The zero-order chi connectivity index (χ0) is 25.5. The van der Waals surface area contributed by atoms with Crippen molar-refractivity contribution in [3.05, 3.63) is 72.5 Å². The van der Waals surface area contributed by atoms with E-state index in [4.69, 9.17) is 9.72 Å². The molecule has 187 valence electrons. The first kappa shape index (κ1) is 26.4. The summed E-state index contributed by atoms with van der Waals surface area (Å²) in [6.07, 6.45) is -0.488. The van der Waals surface area contributed by atoms with Gasteiger partial charge in [-0.05, 0) is 73.7 Å². The lowest BCUT2D eigenvalue weighted by Crippen LogP contribution is -2.20. The van der Waals surface area contributed by atoms with Gasteiger partial charge < -0.3 is 24.8 Å². The van der Waals surface area contributed by atoms with E-state index in [1.54, 1.807) is 43.5 Å². The van der Waals surface area contributed by atoms with Crippen LogP contribution in [0.4, 0.5) is 10.2 Å². The molecular formula is C27H33FN3O4. The van der Waals surface area contributed by atoms with Crippen molar-refractivity contribution in [2.45, 2.75) is 57.8 Å². The van der Waals surface area contributed by atoms with Crippen LogP contribution in [-0.2, 0) is 6.54 Å². The van der Waals surface area contributed by atoms with Gasteiger partial charge in [0.15, 0.2) is 5.82 Å². The lowest BCUT2D eigenvalue weighted by Gasteiger charge is -2.19. The van der Waals surface area contributed by atoms with E-state index in [1.165, 1.54) is 12.1 Å². The maximum Gasteiger partial charge on any atom is 0.256 e. The highest BCUT2D eigenvalue weighted by Crippen LogP contribution is 2.32. The Labute approximate surface area is 205 Å². The Morgan fingerprint density at radius 3 is 2.34 bits per heavy atom. The van der Waals surface area contributed by atoms with Crippen LogP contribution >= 0.6 is 0 Å². The number of halogens is 1. The third kappa shape index (κ3) is 6.68. The number of ether oxygens (including phenoxy) is 1. The number of aliphatic hydroxyl groups is 2. The lowest BCUT2D eigenvalue weighted by molar-refractivity contribution is 0.0742. The van der Waals surface area contributed by atoms with Gasteiger partial charge in [-0.1, -0.05) is 20.8 Å². The van der Waals surface area contributed by atoms with E-state index in [0.29, 0.717) is 47.9 Å². The van der Waals surface area contributed by atoms with Crippen LogP contribution < -0.4 is 10.1 Å². The van der Waals surface area contributed by atoms with Crippen molar-refractivity contribution in [1.82, 2.24) is 9.55 Å². The average Bonchev–Trinajstić information content (AvgIpc) is 3.21. The van der Waals surface area contributed by atoms with Crippen molar-refractivity contribution in [1.29, 1.82) is 0 Å². The summed E-state index contributed by atoms with van der Waals surface area (Å²) in [5, 5.41) is 23.2. The Morgan fingerprint density at radius 1 is 1.11 bits per heavy atom. The van der Waals surface area contributed by atoms with Crippen LogP contribution in [0.15, 0.2) is 48.5 Å². The van der Waals surface area contributed by atoms with Gasteiger partial charge in [0, 0.05) is 17.7 Å². The summed E-state index contributed by atoms with van der Waals surface area (Å²) < 4.78 is 20.7. The van der Waals surface area contributed by atoms with Crippen LogP contribution in [0.3, 0.4) is 0 Å². The van der Waals surface area contributed by atoms with Gasteiger partial charge in [0.05, 0.1) is 25.0 Å². The van der Waals surface area contributed by atoms with Crippen LogP contribution in [-0.4, -0.2) is 45.0 Å². The fraction of sp³-hybridized carbons (Fsp3) is 0.370. The number of methoxy groups -OCH3 is 1. The molecule has 3 rings (SSSR count). The maximum atomic E-state index is 13.6. The van der Waals surface area contributed by atoms with Gasteiger partial charge in [-0.15, -0.1) is 0 Å². The van der Waals surface area contributed by atoms with Crippen molar-refractivity contribution in [2.75, 3.05) is 12.4 Å². The summed E-state index contributed by atoms with van der Waals surface area (Å²) in [5.74, 6) is 0.932. The first-order chi connectivity index (χ1) is 16.7. The maximum absolute atomic E-state index is 13.6. The van der Waals surface area contributed by atoms with Crippen LogP contribution in [0, 0.1) is 12.7 Å². The molecule has 7 nitrogen and oxygen atoms in total. The number of hydrogen-bond donors (Lipinski definition) is 3. The van der Waals surface area contributed by atoms with E-state index < -0.39 is 12.2 Å². The van der Waals surface area contributed by atoms with Gasteiger partial charge in [-0.2, -0.15) is 0 Å². The Hall–Kier alpha value is -3.23. The molecule has 0 bridgehead atoms. The number of rotatable bonds is 11. The van der Waals surface area contributed by atoms with Gasteiger partial charge in [0.2, 0.25) is 0 Å². The summed E-state index contributed by atoms with van der Waals surface area (Å²) in [5.41, 5.74) is 1.93. The molecular weight excluding hydrogens is 449 g/mol. The molecule has 0 saturated heterocycles.